The predicted molar refractivity (Wildman–Crippen MR) is 84.4 cm³/mol. The van der Waals surface area contributed by atoms with Crippen LogP contribution in [0.4, 0.5) is 0 Å². The van der Waals surface area contributed by atoms with Crippen molar-refractivity contribution in [3.05, 3.63) is 59.7 Å². The number of nitrogens with one attached hydrogen (secondary N) is 1. The van der Waals surface area contributed by atoms with E-state index >= 15 is 0 Å². The maximum absolute atomic E-state index is 8.88. The van der Waals surface area contributed by atoms with E-state index in [0.717, 1.165) is 18.7 Å². The van der Waals surface area contributed by atoms with Gasteiger partial charge < -0.3 is 10.1 Å². The molecule has 0 saturated heterocycles. The van der Waals surface area contributed by atoms with E-state index in [2.05, 4.69) is 37.4 Å². The summed E-state index contributed by atoms with van der Waals surface area (Å²) in [6, 6.07) is 17.7. The molecule has 3 heteroatoms. The van der Waals surface area contributed by atoms with Crippen molar-refractivity contribution < 1.29 is 4.74 Å². The molecule has 0 fully saturated rings. The Kier molecular flexibility index (Phi) is 5.36. The van der Waals surface area contributed by atoms with Crippen molar-refractivity contribution in [1.29, 1.82) is 5.26 Å². The highest BCUT2D eigenvalue weighted by atomic mass is 16.5. The van der Waals surface area contributed by atoms with Crippen LogP contribution in [0.1, 0.15) is 37.4 Å². The lowest BCUT2D eigenvalue weighted by Crippen LogP contribution is -2.19. The minimum absolute atomic E-state index is 0.334. The quantitative estimate of drug-likeness (QED) is 0.852. The number of hydrogen-bond acceptors (Lipinski definition) is 3. The summed E-state index contributed by atoms with van der Waals surface area (Å²) in [6.45, 7) is 5.33. The third-order valence-corrected chi connectivity index (χ3v) is 3.28. The van der Waals surface area contributed by atoms with Gasteiger partial charge in [-0.1, -0.05) is 25.1 Å². The lowest BCUT2D eigenvalue weighted by atomic mass is 10.1. The van der Waals surface area contributed by atoms with E-state index in [0.29, 0.717) is 17.4 Å². The molecule has 0 aliphatic rings. The monoisotopic (exact) mass is 280 g/mol. The number of benzene rings is 2. The van der Waals surface area contributed by atoms with Crippen LogP contribution in [0, 0.1) is 11.3 Å². The van der Waals surface area contributed by atoms with E-state index in [-0.39, 0.29) is 0 Å². The molecule has 0 saturated carbocycles. The highest BCUT2D eigenvalue weighted by Gasteiger charge is 2.05. The van der Waals surface area contributed by atoms with Crippen LogP contribution in [-0.2, 0) is 0 Å². The average molecular weight is 280 g/mol. The molecule has 0 amide bonds. The number of nitriles is 1. The topological polar surface area (TPSA) is 45.0 Å². The maximum atomic E-state index is 8.88. The van der Waals surface area contributed by atoms with Gasteiger partial charge in [-0.2, -0.15) is 5.26 Å². The molecule has 21 heavy (non-hydrogen) atoms. The largest absolute Gasteiger partial charge is 0.457 e. The Morgan fingerprint density at radius 2 is 1.90 bits per heavy atom. The van der Waals surface area contributed by atoms with Crippen LogP contribution in [0.25, 0.3) is 0 Å². The van der Waals surface area contributed by atoms with Crippen molar-refractivity contribution in [1.82, 2.24) is 5.32 Å². The van der Waals surface area contributed by atoms with Crippen LogP contribution in [-0.4, -0.2) is 6.54 Å². The maximum Gasteiger partial charge on any atom is 0.128 e. The molecule has 2 aromatic rings. The Morgan fingerprint density at radius 1 is 1.14 bits per heavy atom. The lowest BCUT2D eigenvalue weighted by Gasteiger charge is -2.14. The van der Waals surface area contributed by atoms with Crippen molar-refractivity contribution >= 4 is 0 Å². The third-order valence-electron chi connectivity index (χ3n) is 3.28. The van der Waals surface area contributed by atoms with Crippen LogP contribution in [0.5, 0.6) is 11.5 Å². The van der Waals surface area contributed by atoms with Gasteiger partial charge in [-0.15, -0.1) is 0 Å². The van der Waals surface area contributed by atoms with Crippen LogP contribution in [0.3, 0.4) is 0 Å². The highest BCUT2D eigenvalue weighted by molar-refractivity contribution is 5.39. The lowest BCUT2D eigenvalue weighted by molar-refractivity contribution is 0.481. The highest BCUT2D eigenvalue weighted by Crippen LogP contribution is 2.24. The standard InChI is InChI=1S/C18H20N2O/c1-3-11-20-14(2)16-7-9-17(10-8-16)21-18-6-4-5-15(12-18)13-19/h4-10,12,14,20H,3,11H2,1-2H3. The van der Waals surface area contributed by atoms with Crippen LogP contribution < -0.4 is 10.1 Å². The van der Waals surface area contributed by atoms with Gasteiger partial charge in [-0.3, -0.25) is 0 Å². The third kappa shape index (κ3) is 4.34. The summed E-state index contributed by atoms with van der Waals surface area (Å²) >= 11 is 0. The minimum Gasteiger partial charge on any atom is -0.457 e. The molecule has 0 spiro atoms. The first-order valence-corrected chi connectivity index (χ1v) is 7.24. The summed E-state index contributed by atoms with van der Waals surface area (Å²) in [5, 5.41) is 12.3. The number of rotatable bonds is 6. The number of hydrogen-bond donors (Lipinski definition) is 1. The number of nitrogens with zero attached hydrogens (tertiary/aromatic N) is 1. The SMILES string of the molecule is CCCNC(C)c1ccc(Oc2cccc(C#N)c2)cc1. The van der Waals surface area contributed by atoms with Gasteiger partial charge in [-0.05, 0) is 55.8 Å². The van der Waals surface area contributed by atoms with Gasteiger partial charge in [0.2, 0.25) is 0 Å². The van der Waals surface area contributed by atoms with Gasteiger partial charge in [0.1, 0.15) is 11.5 Å². The molecule has 1 N–H and O–H groups in total. The van der Waals surface area contributed by atoms with Gasteiger partial charge in [0, 0.05) is 6.04 Å². The van der Waals surface area contributed by atoms with Gasteiger partial charge >= 0.3 is 0 Å². The first kappa shape index (κ1) is 15.1. The molecule has 0 radical (unpaired) electrons. The average Bonchev–Trinajstić information content (AvgIpc) is 2.53. The molecule has 0 aliphatic heterocycles. The first-order valence-electron chi connectivity index (χ1n) is 7.24. The zero-order chi connectivity index (χ0) is 15.1. The molecular weight excluding hydrogens is 260 g/mol. The Balaban J connectivity index is 2.03. The molecule has 2 rings (SSSR count). The molecule has 0 aliphatic carbocycles. The fourth-order valence-electron chi connectivity index (χ4n) is 2.07. The molecule has 1 unspecified atom stereocenters. The van der Waals surface area contributed by atoms with Gasteiger partial charge in [-0.25, -0.2) is 0 Å². The summed E-state index contributed by atoms with van der Waals surface area (Å²) < 4.78 is 5.77. The molecule has 108 valence electrons. The summed E-state index contributed by atoms with van der Waals surface area (Å²) in [5.74, 6) is 1.45. The zero-order valence-electron chi connectivity index (χ0n) is 12.5. The summed E-state index contributed by atoms with van der Waals surface area (Å²) in [5.41, 5.74) is 1.84. The Bertz CT molecular complexity index is 614. The second-order valence-corrected chi connectivity index (χ2v) is 4.99. The first-order chi connectivity index (χ1) is 10.2. The summed E-state index contributed by atoms with van der Waals surface area (Å²) in [4.78, 5) is 0. The van der Waals surface area contributed by atoms with E-state index in [9.17, 15) is 0 Å². The zero-order valence-corrected chi connectivity index (χ0v) is 12.5. The van der Waals surface area contributed by atoms with E-state index in [1.165, 1.54) is 5.56 Å². The van der Waals surface area contributed by atoms with Crippen molar-refractivity contribution in [2.45, 2.75) is 26.3 Å². The Labute approximate surface area is 126 Å². The van der Waals surface area contributed by atoms with E-state index in [1.54, 1.807) is 12.1 Å². The Morgan fingerprint density at radius 3 is 2.57 bits per heavy atom. The van der Waals surface area contributed by atoms with Gasteiger partial charge in [0.15, 0.2) is 0 Å². The molecule has 0 bridgehead atoms. The van der Waals surface area contributed by atoms with Crippen molar-refractivity contribution in [3.63, 3.8) is 0 Å². The van der Waals surface area contributed by atoms with Crippen LogP contribution >= 0.6 is 0 Å². The smallest absolute Gasteiger partial charge is 0.128 e. The van der Waals surface area contributed by atoms with Crippen LogP contribution in [0.15, 0.2) is 48.5 Å². The van der Waals surface area contributed by atoms with Gasteiger partial charge in [0.05, 0.1) is 11.6 Å². The van der Waals surface area contributed by atoms with E-state index in [4.69, 9.17) is 10.00 Å². The molecule has 0 heterocycles. The van der Waals surface area contributed by atoms with E-state index < -0.39 is 0 Å². The second-order valence-electron chi connectivity index (χ2n) is 4.99. The summed E-state index contributed by atoms with van der Waals surface area (Å²) in [6.07, 6.45) is 1.13. The second kappa shape index (κ2) is 7.47. The van der Waals surface area contributed by atoms with Crippen molar-refractivity contribution in [2.24, 2.45) is 0 Å². The van der Waals surface area contributed by atoms with Crippen molar-refractivity contribution in [2.75, 3.05) is 6.54 Å². The van der Waals surface area contributed by atoms with E-state index in [1.807, 2.05) is 24.3 Å². The minimum atomic E-state index is 0.334. The fourth-order valence-corrected chi connectivity index (χ4v) is 2.07. The molecule has 3 nitrogen and oxygen atoms in total. The molecule has 2 aromatic carbocycles. The molecular formula is C18H20N2O. The van der Waals surface area contributed by atoms with Crippen LogP contribution in [0.2, 0.25) is 0 Å². The van der Waals surface area contributed by atoms with Crippen molar-refractivity contribution in [3.8, 4) is 17.6 Å². The Hall–Kier alpha value is -2.31. The molecule has 1 atom stereocenters. The normalized spacial score (nSPS) is 11.7. The summed E-state index contributed by atoms with van der Waals surface area (Å²) in [7, 11) is 0. The van der Waals surface area contributed by atoms with Gasteiger partial charge in [0.25, 0.3) is 0 Å². The fraction of sp³-hybridized carbons (Fsp3) is 0.278. The number of ether oxygens (including phenoxy) is 1. The molecule has 0 aromatic heterocycles. The predicted octanol–water partition coefficient (Wildman–Crippen LogP) is 4.41.